The topological polar surface area (TPSA) is 52.6 Å². The number of piperidine rings is 1. The second kappa shape index (κ2) is 7.20. The van der Waals surface area contributed by atoms with Crippen LogP contribution in [0.5, 0.6) is 0 Å². The number of benzene rings is 1. The molecule has 0 bridgehead atoms. The first-order valence-corrected chi connectivity index (χ1v) is 7.94. The highest BCUT2D eigenvalue weighted by Gasteiger charge is 2.30. The highest BCUT2D eigenvalue weighted by Crippen LogP contribution is 2.21. The summed E-state index contributed by atoms with van der Waals surface area (Å²) in [6, 6.07) is 5.60. The summed E-state index contributed by atoms with van der Waals surface area (Å²) in [7, 11) is 0. The first kappa shape index (κ1) is 16.9. The van der Waals surface area contributed by atoms with E-state index in [1.807, 2.05) is 0 Å². The molecule has 2 unspecified atom stereocenters. The number of nitrogens with one attached hydrogen (secondary N) is 1. The molecule has 4 nitrogen and oxygen atoms in total. The molecule has 1 saturated heterocycles. The van der Waals surface area contributed by atoms with Gasteiger partial charge in [0.25, 0.3) is 0 Å². The Morgan fingerprint density at radius 2 is 2.09 bits per heavy atom. The Morgan fingerprint density at radius 1 is 1.41 bits per heavy atom. The molecule has 0 saturated carbocycles. The molecule has 5 heteroatoms. The molecule has 2 atom stereocenters. The van der Waals surface area contributed by atoms with Crippen molar-refractivity contribution in [3.05, 3.63) is 35.6 Å². The van der Waals surface area contributed by atoms with Crippen molar-refractivity contribution < 1.29 is 14.3 Å². The zero-order valence-electron chi connectivity index (χ0n) is 13.3. The number of likely N-dealkylation sites (tertiary alicyclic amines) is 1. The molecular weight excluding hydrogens is 283 g/mol. The molecule has 1 heterocycles. The maximum atomic E-state index is 13.0. The van der Waals surface area contributed by atoms with Crippen molar-refractivity contribution in [2.24, 2.45) is 0 Å². The normalized spacial score (nSPS) is 22.1. The summed E-state index contributed by atoms with van der Waals surface area (Å²) in [5, 5.41) is 13.3. The molecule has 1 aromatic rings. The van der Waals surface area contributed by atoms with Crippen LogP contribution in [0.25, 0.3) is 0 Å². The SMILES string of the molecule is CCN1CCCCC1C(=O)NCC(C)(O)c1ccc(F)cc1. The summed E-state index contributed by atoms with van der Waals surface area (Å²) in [5.74, 6) is -0.381. The molecule has 1 fully saturated rings. The lowest BCUT2D eigenvalue weighted by molar-refractivity contribution is -0.128. The Morgan fingerprint density at radius 3 is 2.73 bits per heavy atom. The number of amides is 1. The summed E-state index contributed by atoms with van der Waals surface area (Å²) in [5.41, 5.74) is -0.625. The van der Waals surface area contributed by atoms with E-state index < -0.39 is 5.60 Å². The van der Waals surface area contributed by atoms with Crippen molar-refractivity contribution in [1.82, 2.24) is 10.2 Å². The van der Waals surface area contributed by atoms with Gasteiger partial charge in [0.05, 0.1) is 12.6 Å². The number of nitrogens with zero attached hydrogens (tertiary/aromatic N) is 1. The maximum Gasteiger partial charge on any atom is 0.237 e. The number of hydrogen-bond donors (Lipinski definition) is 2. The molecule has 122 valence electrons. The number of aliphatic hydroxyl groups is 1. The number of hydrogen-bond acceptors (Lipinski definition) is 3. The van der Waals surface area contributed by atoms with Gasteiger partial charge in [-0.25, -0.2) is 4.39 Å². The zero-order valence-corrected chi connectivity index (χ0v) is 13.3. The zero-order chi connectivity index (χ0) is 16.2. The van der Waals surface area contributed by atoms with Gasteiger partial charge in [-0.3, -0.25) is 9.69 Å². The minimum Gasteiger partial charge on any atom is -0.384 e. The average Bonchev–Trinajstić information content (AvgIpc) is 2.53. The summed E-state index contributed by atoms with van der Waals surface area (Å²) in [6.07, 6.45) is 3.05. The van der Waals surface area contributed by atoms with E-state index in [1.54, 1.807) is 19.1 Å². The summed E-state index contributed by atoms with van der Waals surface area (Å²) >= 11 is 0. The molecule has 0 aromatic heterocycles. The third-order valence-electron chi connectivity index (χ3n) is 4.40. The van der Waals surface area contributed by atoms with Crippen LogP contribution in [0.4, 0.5) is 4.39 Å². The Bertz CT molecular complexity index is 502. The maximum absolute atomic E-state index is 13.0. The lowest BCUT2D eigenvalue weighted by Gasteiger charge is -2.34. The van der Waals surface area contributed by atoms with Crippen molar-refractivity contribution in [1.29, 1.82) is 0 Å². The van der Waals surface area contributed by atoms with Gasteiger partial charge in [-0.05, 0) is 50.6 Å². The van der Waals surface area contributed by atoms with Crippen molar-refractivity contribution in [3.63, 3.8) is 0 Å². The smallest absolute Gasteiger partial charge is 0.237 e. The summed E-state index contributed by atoms with van der Waals surface area (Å²) < 4.78 is 13.0. The lowest BCUT2D eigenvalue weighted by Crippen LogP contribution is -2.51. The lowest BCUT2D eigenvalue weighted by atomic mass is 9.95. The van der Waals surface area contributed by atoms with E-state index in [9.17, 15) is 14.3 Å². The van der Waals surface area contributed by atoms with Gasteiger partial charge in [-0.1, -0.05) is 25.5 Å². The van der Waals surface area contributed by atoms with Crippen molar-refractivity contribution in [2.45, 2.75) is 44.8 Å². The van der Waals surface area contributed by atoms with E-state index in [1.165, 1.54) is 12.1 Å². The minimum absolute atomic E-state index is 0.0380. The summed E-state index contributed by atoms with van der Waals surface area (Å²) in [4.78, 5) is 14.5. The fourth-order valence-corrected chi connectivity index (χ4v) is 2.95. The quantitative estimate of drug-likeness (QED) is 0.875. The van der Waals surface area contributed by atoms with Crippen molar-refractivity contribution >= 4 is 5.91 Å². The predicted octanol–water partition coefficient (Wildman–Crippen LogP) is 2.02. The summed E-state index contributed by atoms with van der Waals surface area (Å²) in [6.45, 7) is 5.60. The Balaban J connectivity index is 1.95. The second-order valence-corrected chi connectivity index (χ2v) is 6.14. The van der Waals surface area contributed by atoms with Gasteiger partial charge < -0.3 is 10.4 Å². The number of carbonyl (C=O) groups excluding carboxylic acids is 1. The molecule has 1 aliphatic heterocycles. The molecule has 2 N–H and O–H groups in total. The van der Waals surface area contributed by atoms with Crippen LogP contribution in [0.1, 0.15) is 38.7 Å². The highest BCUT2D eigenvalue weighted by molar-refractivity contribution is 5.81. The van der Waals surface area contributed by atoms with Gasteiger partial charge in [-0.2, -0.15) is 0 Å². The van der Waals surface area contributed by atoms with Gasteiger partial charge in [0.15, 0.2) is 0 Å². The Hall–Kier alpha value is -1.46. The molecule has 0 spiro atoms. The third kappa shape index (κ3) is 4.05. The van der Waals surface area contributed by atoms with E-state index >= 15 is 0 Å². The van der Waals surface area contributed by atoms with Crippen molar-refractivity contribution in [3.8, 4) is 0 Å². The minimum atomic E-state index is -1.21. The van der Waals surface area contributed by atoms with Gasteiger partial charge >= 0.3 is 0 Å². The van der Waals surface area contributed by atoms with Crippen LogP contribution in [0.3, 0.4) is 0 Å². The second-order valence-electron chi connectivity index (χ2n) is 6.14. The largest absolute Gasteiger partial charge is 0.384 e. The average molecular weight is 308 g/mol. The third-order valence-corrected chi connectivity index (χ3v) is 4.40. The fourth-order valence-electron chi connectivity index (χ4n) is 2.95. The highest BCUT2D eigenvalue weighted by atomic mass is 19.1. The Kier molecular flexibility index (Phi) is 5.53. The molecule has 1 aromatic carbocycles. The molecular formula is C17H25FN2O2. The van der Waals surface area contributed by atoms with Gasteiger partial charge in [-0.15, -0.1) is 0 Å². The van der Waals surface area contributed by atoms with E-state index in [0.717, 1.165) is 32.4 Å². The monoisotopic (exact) mass is 308 g/mol. The van der Waals surface area contributed by atoms with Crippen LogP contribution in [0.15, 0.2) is 24.3 Å². The van der Waals surface area contributed by atoms with Crippen LogP contribution >= 0.6 is 0 Å². The first-order chi connectivity index (χ1) is 10.4. The van der Waals surface area contributed by atoms with E-state index in [-0.39, 0.29) is 24.3 Å². The van der Waals surface area contributed by atoms with E-state index in [4.69, 9.17) is 0 Å². The number of rotatable bonds is 5. The van der Waals surface area contributed by atoms with Crippen LogP contribution in [0.2, 0.25) is 0 Å². The van der Waals surface area contributed by atoms with Crippen LogP contribution in [-0.4, -0.2) is 41.6 Å². The van der Waals surface area contributed by atoms with E-state index in [2.05, 4.69) is 17.1 Å². The van der Waals surface area contributed by atoms with E-state index in [0.29, 0.717) is 5.56 Å². The molecule has 22 heavy (non-hydrogen) atoms. The fraction of sp³-hybridized carbons (Fsp3) is 0.588. The molecule has 0 radical (unpaired) electrons. The van der Waals surface area contributed by atoms with Crippen molar-refractivity contribution in [2.75, 3.05) is 19.6 Å². The standard InChI is InChI=1S/C17H25FN2O2/c1-3-20-11-5-4-6-15(20)16(21)19-12-17(2,22)13-7-9-14(18)10-8-13/h7-10,15,22H,3-6,11-12H2,1-2H3,(H,19,21). The Labute approximate surface area is 131 Å². The number of halogens is 1. The molecule has 0 aliphatic carbocycles. The van der Waals surface area contributed by atoms with Gasteiger partial charge in [0.2, 0.25) is 5.91 Å². The number of carbonyl (C=O) groups is 1. The molecule has 2 rings (SSSR count). The first-order valence-electron chi connectivity index (χ1n) is 7.94. The number of likely N-dealkylation sites (N-methyl/N-ethyl adjacent to an activating group) is 1. The molecule has 1 amide bonds. The molecule has 1 aliphatic rings. The van der Waals surface area contributed by atoms with Gasteiger partial charge in [0.1, 0.15) is 11.4 Å². The van der Waals surface area contributed by atoms with Crippen LogP contribution in [-0.2, 0) is 10.4 Å². The predicted molar refractivity (Wildman–Crippen MR) is 83.9 cm³/mol. The van der Waals surface area contributed by atoms with Gasteiger partial charge in [0, 0.05) is 0 Å². The van der Waals surface area contributed by atoms with Crippen LogP contribution < -0.4 is 5.32 Å². The van der Waals surface area contributed by atoms with Crippen LogP contribution in [0, 0.1) is 5.82 Å².